The minimum Gasteiger partial charge on any atom is -0.507 e. The minimum atomic E-state index is -0.718. The van der Waals surface area contributed by atoms with Gasteiger partial charge in [-0.15, -0.1) is 0 Å². The summed E-state index contributed by atoms with van der Waals surface area (Å²) < 4.78 is 9.75. The molecule has 0 saturated carbocycles. The molecule has 0 atom stereocenters. The highest BCUT2D eigenvalue weighted by atomic mass is 16.6. The zero-order valence-electron chi connectivity index (χ0n) is 13.1. The fraction of sp³-hybridized carbons (Fsp3) is 0.111. The average Bonchev–Trinajstić information content (AvgIpc) is 2.60. The topological polar surface area (TPSA) is 113 Å². The van der Waals surface area contributed by atoms with Gasteiger partial charge < -0.3 is 24.8 Å². The van der Waals surface area contributed by atoms with Gasteiger partial charge in [-0.2, -0.15) is 0 Å². The second-order valence-corrected chi connectivity index (χ2v) is 4.90. The summed E-state index contributed by atoms with van der Waals surface area (Å²) in [5.74, 6) is -2.13. The van der Waals surface area contributed by atoms with E-state index in [0.29, 0.717) is 5.56 Å². The van der Waals surface area contributed by atoms with Crippen molar-refractivity contribution in [3.05, 3.63) is 59.7 Å². The maximum Gasteiger partial charge on any atom is 0.342 e. The summed E-state index contributed by atoms with van der Waals surface area (Å²) in [6.07, 6.45) is 2.53. The van der Waals surface area contributed by atoms with Crippen molar-refractivity contribution in [1.82, 2.24) is 0 Å². The van der Waals surface area contributed by atoms with Crippen LogP contribution in [0.4, 0.5) is 0 Å². The zero-order chi connectivity index (χ0) is 18.2. The Morgan fingerprint density at radius 2 is 1.60 bits per heavy atom. The monoisotopic (exact) mass is 344 g/mol. The highest BCUT2D eigenvalue weighted by molar-refractivity contribution is 5.92. The van der Waals surface area contributed by atoms with Crippen LogP contribution in [0.3, 0.4) is 0 Å². The summed E-state index contributed by atoms with van der Waals surface area (Å²) in [6, 6.07) is 10.0. The van der Waals surface area contributed by atoms with Gasteiger partial charge in [0.2, 0.25) is 0 Å². The Hall–Kier alpha value is -3.48. The van der Waals surface area contributed by atoms with Gasteiger partial charge in [0, 0.05) is 6.08 Å². The number of carbonyl (C=O) groups is 2. The normalized spacial score (nSPS) is 10.6. The number of hydrogen-bond acceptors (Lipinski definition) is 7. The van der Waals surface area contributed by atoms with E-state index in [4.69, 9.17) is 9.47 Å². The van der Waals surface area contributed by atoms with E-state index in [0.717, 1.165) is 6.08 Å². The van der Waals surface area contributed by atoms with Gasteiger partial charge in [-0.25, -0.2) is 9.59 Å². The van der Waals surface area contributed by atoms with Gasteiger partial charge in [0.25, 0.3) is 0 Å². The molecule has 0 fully saturated rings. The highest BCUT2D eigenvalue weighted by Gasteiger charge is 2.11. The predicted octanol–water partition coefficient (Wildman–Crippen LogP) is 2.22. The molecule has 0 heterocycles. The molecule has 7 nitrogen and oxygen atoms in total. The molecule has 0 amide bonds. The van der Waals surface area contributed by atoms with Crippen LogP contribution in [0.2, 0.25) is 0 Å². The molecule has 0 aliphatic rings. The zero-order valence-corrected chi connectivity index (χ0v) is 13.1. The molecule has 130 valence electrons. The number of para-hydroxylation sites is 1. The summed E-state index contributed by atoms with van der Waals surface area (Å²) in [4.78, 5) is 23.2. The molecule has 0 saturated heterocycles. The van der Waals surface area contributed by atoms with Crippen molar-refractivity contribution in [2.45, 2.75) is 0 Å². The lowest BCUT2D eigenvalue weighted by Crippen LogP contribution is -2.13. The van der Waals surface area contributed by atoms with Crippen LogP contribution in [0.15, 0.2) is 48.5 Å². The van der Waals surface area contributed by atoms with Crippen LogP contribution < -0.4 is 0 Å². The Bertz CT molecular complexity index is 796. The van der Waals surface area contributed by atoms with Crippen molar-refractivity contribution in [3.8, 4) is 17.2 Å². The second kappa shape index (κ2) is 8.39. The van der Waals surface area contributed by atoms with E-state index < -0.39 is 11.9 Å². The van der Waals surface area contributed by atoms with E-state index in [1.54, 1.807) is 12.1 Å². The molecule has 0 spiro atoms. The highest BCUT2D eigenvalue weighted by Crippen LogP contribution is 2.25. The van der Waals surface area contributed by atoms with Gasteiger partial charge in [0.1, 0.15) is 24.5 Å². The van der Waals surface area contributed by atoms with Crippen molar-refractivity contribution in [3.63, 3.8) is 0 Å². The Morgan fingerprint density at radius 3 is 2.32 bits per heavy atom. The Balaban J connectivity index is 1.75. The molecule has 0 radical (unpaired) electrons. The first-order valence-corrected chi connectivity index (χ1v) is 7.29. The van der Waals surface area contributed by atoms with Crippen LogP contribution in [0.5, 0.6) is 17.2 Å². The summed E-state index contributed by atoms with van der Waals surface area (Å²) >= 11 is 0. The summed E-state index contributed by atoms with van der Waals surface area (Å²) in [6.45, 7) is -0.309. The third-order valence-electron chi connectivity index (χ3n) is 3.10. The molecule has 0 aromatic heterocycles. The summed E-state index contributed by atoms with van der Waals surface area (Å²) in [7, 11) is 0. The Labute approximate surface area is 143 Å². The van der Waals surface area contributed by atoms with E-state index in [2.05, 4.69) is 0 Å². The lowest BCUT2D eigenvalue weighted by Gasteiger charge is -2.06. The number of aromatic hydroxyl groups is 3. The van der Waals surface area contributed by atoms with Crippen molar-refractivity contribution in [1.29, 1.82) is 0 Å². The minimum absolute atomic E-state index is 0.0286. The standard InChI is InChI=1S/C18H16O7/c19-14-4-2-1-3-13(14)18(23)25-10-9-24-17(22)8-6-12-5-7-15(20)16(21)11-12/h1-8,11,19-21H,9-10H2/b8-6+. The van der Waals surface area contributed by atoms with Crippen LogP contribution in [0, 0.1) is 0 Å². The van der Waals surface area contributed by atoms with Gasteiger partial charge in [-0.1, -0.05) is 18.2 Å². The molecule has 25 heavy (non-hydrogen) atoms. The maximum atomic E-state index is 11.7. The van der Waals surface area contributed by atoms with Gasteiger partial charge in [0.05, 0.1) is 0 Å². The third kappa shape index (κ3) is 5.28. The van der Waals surface area contributed by atoms with Crippen molar-refractivity contribution >= 4 is 18.0 Å². The van der Waals surface area contributed by atoms with Gasteiger partial charge in [-0.3, -0.25) is 0 Å². The maximum absolute atomic E-state index is 11.7. The molecule has 0 unspecified atom stereocenters. The third-order valence-corrected chi connectivity index (χ3v) is 3.10. The fourth-order valence-electron chi connectivity index (χ4n) is 1.86. The van der Waals surface area contributed by atoms with Gasteiger partial charge in [0.15, 0.2) is 11.5 Å². The van der Waals surface area contributed by atoms with Crippen LogP contribution in [-0.4, -0.2) is 40.5 Å². The average molecular weight is 344 g/mol. The first-order valence-electron chi connectivity index (χ1n) is 7.29. The molecule has 0 bridgehead atoms. The molecule has 3 N–H and O–H groups in total. The summed E-state index contributed by atoms with van der Waals surface area (Å²) in [5, 5.41) is 28.0. The van der Waals surface area contributed by atoms with Crippen LogP contribution in [0.1, 0.15) is 15.9 Å². The smallest absolute Gasteiger partial charge is 0.342 e. The number of phenols is 3. The number of carbonyl (C=O) groups excluding carboxylic acids is 2. The quantitative estimate of drug-likeness (QED) is 0.319. The molecule has 0 aliphatic carbocycles. The van der Waals surface area contributed by atoms with Crippen LogP contribution >= 0.6 is 0 Å². The van der Waals surface area contributed by atoms with Crippen LogP contribution in [0.25, 0.3) is 6.08 Å². The molecule has 7 heteroatoms. The van der Waals surface area contributed by atoms with Crippen molar-refractivity contribution in [2.75, 3.05) is 13.2 Å². The predicted molar refractivity (Wildman–Crippen MR) is 88.2 cm³/mol. The largest absolute Gasteiger partial charge is 0.507 e. The first kappa shape index (κ1) is 17.9. The number of hydrogen-bond donors (Lipinski definition) is 3. The molecule has 0 aliphatic heterocycles. The first-order chi connectivity index (χ1) is 12.0. The SMILES string of the molecule is O=C(/C=C/c1ccc(O)c(O)c1)OCCOC(=O)c1ccccc1O. The van der Waals surface area contributed by atoms with E-state index in [1.165, 1.54) is 36.4 Å². The fourth-order valence-corrected chi connectivity index (χ4v) is 1.86. The number of phenolic OH excluding ortho intramolecular Hbond substituents is 3. The molecule has 2 rings (SSSR count). The summed E-state index contributed by atoms with van der Waals surface area (Å²) in [5.41, 5.74) is 0.527. The molecular formula is C18H16O7. The number of rotatable bonds is 6. The number of ether oxygens (including phenoxy) is 2. The van der Waals surface area contributed by atoms with Crippen molar-refractivity contribution < 1.29 is 34.4 Å². The molecule has 2 aromatic carbocycles. The lowest BCUT2D eigenvalue weighted by molar-refractivity contribution is -0.138. The lowest BCUT2D eigenvalue weighted by atomic mass is 10.2. The Kier molecular flexibility index (Phi) is 6.00. The van der Waals surface area contributed by atoms with E-state index >= 15 is 0 Å². The number of esters is 2. The molecule has 2 aromatic rings. The Morgan fingerprint density at radius 1 is 0.880 bits per heavy atom. The number of benzene rings is 2. The van der Waals surface area contributed by atoms with E-state index in [1.807, 2.05) is 0 Å². The van der Waals surface area contributed by atoms with Gasteiger partial charge in [-0.05, 0) is 35.9 Å². The van der Waals surface area contributed by atoms with Gasteiger partial charge >= 0.3 is 11.9 Å². The van der Waals surface area contributed by atoms with E-state index in [-0.39, 0.29) is 36.0 Å². The second-order valence-electron chi connectivity index (χ2n) is 4.90. The van der Waals surface area contributed by atoms with Crippen LogP contribution in [-0.2, 0) is 14.3 Å². The van der Waals surface area contributed by atoms with Crippen molar-refractivity contribution in [2.24, 2.45) is 0 Å². The molecular weight excluding hydrogens is 328 g/mol. The van der Waals surface area contributed by atoms with E-state index in [9.17, 15) is 24.9 Å².